The summed E-state index contributed by atoms with van der Waals surface area (Å²) in [4.78, 5) is 11.1. The highest BCUT2D eigenvalue weighted by molar-refractivity contribution is 6.30. The lowest BCUT2D eigenvalue weighted by Gasteiger charge is -2.39. The van der Waals surface area contributed by atoms with Crippen molar-refractivity contribution in [2.24, 2.45) is 0 Å². The fourth-order valence-electron chi connectivity index (χ4n) is 4.02. The van der Waals surface area contributed by atoms with Crippen LogP contribution in [0.4, 0.5) is 26.1 Å². The maximum absolute atomic E-state index is 14.5. The molecule has 0 bridgehead atoms. The standard InChI is InChI=1S/C25H22ClF2N5/c26-17-4-9-23(28)22(12-17)21-3-1-2-16-13-29-25(32-24(16)21)31-19-7-5-18(6-8-19)30-20-14-33(15-20)11-10-27/h1-9,12-13,20,30H,10-11,14-15H2,(H,29,31,32). The molecule has 8 heteroatoms. The van der Waals surface area contributed by atoms with Gasteiger partial charge < -0.3 is 10.6 Å². The molecule has 33 heavy (non-hydrogen) atoms. The Balaban J connectivity index is 1.34. The summed E-state index contributed by atoms with van der Waals surface area (Å²) >= 11 is 6.10. The van der Waals surface area contributed by atoms with Crippen LogP contribution in [-0.4, -0.2) is 47.2 Å². The van der Waals surface area contributed by atoms with E-state index in [4.69, 9.17) is 11.6 Å². The van der Waals surface area contributed by atoms with Crippen molar-refractivity contribution in [3.8, 4) is 11.1 Å². The predicted octanol–water partition coefficient (Wildman–Crippen LogP) is 5.90. The molecule has 0 unspecified atom stereocenters. The Morgan fingerprint density at radius 2 is 1.79 bits per heavy atom. The third-order valence-corrected chi connectivity index (χ3v) is 5.93. The van der Waals surface area contributed by atoms with Gasteiger partial charge >= 0.3 is 0 Å². The minimum Gasteiger partial charge on any atom is -0.380 e. The summed E-state index contributed by atoms with van der Waals surface area (Å²) < 4.78 is 26.9. The van der Waals surface area contributed by atoms with E-state index in [1.54, 1.807) is 12.3 Å². The molecule has 168 valence electrons. The number of likely N-dealkylation sites (tertiary alicyclic amines) is 1. The molecule has 4 aromatic rings. The first kappa shape index (κ1) is 21.6. The van der Waals surface area contributed by atoms with Gasteiger partial charge in [-0.05, 0) is 42.5 Å². The highest BCUT2D eigenvalue weighted by Gasteiger charge is 2.25. The van der Waals surface area contributed by atoms with Crippen LogP contribution in [0.15, 0.2) is 66.9 Å². The summed E-state index contributed by atoms with van der Waals surface area (Å²) in [6.07, 6.45) is 1.71. The molecule has 0 saturated carbocycles. The minimum atomic E-state index is -0.359. The number of aromatic nitrogens is 2. The molecule has 1 aliphatic rings. The van der Waals surface area contributed by atoms with Gasteiger partial charge in [-0.15, -0.1) is 0 Å². The second-order valence-corrected chi connectivity index (χ2v) is 8.49. The molecule has 5 rings (SSSR count). The maximum Gasteiger partial charge on any atom is 0.227 e. The molecule has 0 spiro atoms. The number of nitrogens with zero attached hydrogens (tertiary/aromatic N) is 3. The Morgan fingerprint density at radius 3 is 2.58 bits per heavy atom. The van der Waals surface area contributed by atoms with Crippen LogP contribution in [0.3, 0.4) is 0 Å². The molecule has 2 N–H and O–H groups in total. The fraction of sp³-hybridized carbons (Fsp3) is 0.200. The van der Waals surface area contributed by atoms with Gasteiger partial charge in [0.15, 0.2) is 0 Å². The first-order chi connectivity index (χ1) is 16.1. The molecule has 1 aliphatic heterocycles. The van der Waals surface area contributed by atoms with Crippen molar-refractivity contribution in [3.63, 3.8) is 0 Å². The van der Waals surface area contributed by atoms with E-state index < -0.39 is 0 Å². The largest absolute Gasteiger partial charge is 0.380 e. The van der Waals surface area contributed by atoms with Gasteiger partial charge in [0, 0.05) is 58.7 Å². The number of fused-ring (bicyclic) bond motifs is 1. The predicted molar refractivity (Wildman–Crippen MR) is 129 cm³/mol. The van der Waals surface area contributed by atoms with Crippen molar-refractivity contribution in [1.29, 1.82) is 0 Å². The van der Waals surface area contributed by atoms with Gasteiger partial charge in [-0.25, -0.2) is 18.7 Å². The molecule has 0 atom stereocenters. The summed E-state index contributed by atoms with van der Waals surface area (Å²) in [5.74, 6) is 0.0568. The third-order valence-electron chi connectivity index (χ3n) is 5.70. The Morgan fingerprint density at radius 1 is 1.00 bits per heavy atom. The van der Waals surface area contributed by atoms with E-state index >= 15 is 0 Å². The summed E-state index contributed by atoms with van der Waals surface area (Å²) in [6.45, 7) is 1.90. The number of hydrogen-bond donors (Lipinski definition) is 2. The van der Waals surface area contributed by atoms with Crippen LogP contribution in [0.1, 0.15) is 0 Å². The molecule has 0 aliphatic carbocycles. The molecule has 0 radical (unpaired) electrons. The second-order valence-electron chi connectivity index (χ2n) is 8.05. The van der Waals surface area contributed by atoms with Gasteiger partial charge in [-0.3, -0.25) is 4.90 Å². The molecule has 1 aromatic heterocycles. The van der Waals surface area contributed by atoms with E-state index in [2.05, 4.69) is 25.5 Å². The van der Waals surface area contributed by atoms with Crippen LogP contribution < -0.4 is 10.6 Å². The van der Waals surface area contributed by atoms with Crippen molar-refractivity contribution in [2.75, 3.05) is 36.9 Å². The lowest BCUT2D eigenvalue weighted by atomic mass is 10.0. The molecule has 1 saturated heterocycles. The topological polar surface area (TPSA) is 53.1 Å². The number of nitrogens with one attached hydrogen (secondary N) is 2. The van der Waals surface area contributed by atoms with E-state index in [0.717, 1.165) is 29.9 Å². The van der Waals surface area contributed by atoms with E-state index in [1.807, 2.05) is 42.5 Å². The monoisotopic (exact) mass is 465 g/mol. The van der Waals surface area contributed by atoms with Crippen LogP contribution >= 0.6 is 11.6 Å². The van der Waals surface area contributed by atoms with Crippen LogP contribution in [0, 0.1) is 5.82 Å². The average molecular weight is 466 g/mol. The average Bonchev–Trinajstić information content (AvgIpc) is 2.80. The number of halogens is 3. The van der Waals surface area contributed by atoms with Gasteiger partial charge in [0.25, 0.3) is 0 Å². The molecule has 5 nitrogen and oxygen atoms in total. The lowest BCUT2D eigenvalue weighted by molar-refractivity contribution is 0.150. The molecular formula is C25H22ClF2N5. The lowest BCUT2D eigenvalue weighted by Crippen LogP contribution is -2.55. The highest BCUT2D eigenvalue weighted by Crippen LogP contribution is 2.32. The quantitative estimate of drug-likeness (QED) is 0.356. The minimum absolute atomic E-state index is 0.306. The highest BCUT2D eigenvalue weighted by atomic mass is 35.5. The normalized spacial score (nSPS) is 14.3. The van der Waals surface area contributed by atoms with Gasteiger partial charge in [-0.1, -0.05) is 29.8 Å². The summed E-state index contributed by atoms with van der Waals surface area (Å²) in [5, 5.41) is 7.93. The Hall–Kier alpha value is -3.29. The van der Waals surface area contributed by atoms with Crippen LogP contribution in [0.5, 0.6) is 0 Å². The van der Waals surface area contributed by atoms with Crippen LogP contribution in [0.2, 0.25) is 5.02 Å². The van der Waals surface area contributed by atoms with Crippen molar-refractivity contribution in [1.82, 2.24) is 14.9 Å². The van der Waals surface area contributed by atoms with Crippen LogP contribution in [-0.2, 0) is 0 Å². The fourth-order valence-corrected chi connectivity index (χ4v) is 4.19. The van der Waals surface area contributed by atoms with Crippen molar-refractivity contribution in [3.05, 3.63) is 77.7 Å². The maximum atomic E-state index is 14.5. The first-order valence-electron chi connectivity index (χ1n) is 10.7. The molecule has 1 fully saturated rings. The van der Waals surface area contributed by atoms with Gasteiger partial charge in [0.05, 0.1) is 11.6 Å². The summed E-state index contributed by atoms with van der Waals surface area (Å²) in [5.41, 5.74) is 3.52. The number of alkyl halides is 1. The Kier molecular flexibility index (Phi) is 6.07. The zero-order valence-electron chi connectivity index (χ0n) is 17.7. The number of hydrogen-bond acceptors (Lipinski definition) is 5. The SMILES string of the molecule is FCCN1CC(Nc2ccc(Nc3ncc4cccc(-c5cc(Cl)ccc5F)c4n3)cc2)C1. The van der Waals surface area contributed by atoms with E-state index in [-0.39, 0.29) is 12.5 Å². The molecular weight excluding hydrogens is 444 g/mol. The van der Waals surface area contributed by atoms with Crippen molar-refractivity contribution in [2.45, 2.75) is 6.04 Å². The van der Waals surface area contributed by atoms with E-state index in [0.29, 0.717) is 40.2 Å². The number of benzene rings is 3. The zero-order chi connectivity index (χ0) is 22.8. The zero-order valence-corrected chi connectivity index (χ0v) is 18.5. The van der Waals surface area contributed by atoms with Crippen molar-refractivity contribution >= 4 is 39.8 Å². The number of para-hydroxylation sites is 1. The van der Waals surface area contributed by atoms with Gasteiger partial charge in [0.2, 0.25) is 5.95 Å². The molecule has 3 aromatic carbocycles. The smallest absolute Gasteiger partial charge is 0.227 e. The summed E-state index contributed by atoms with van der Waals surface area (Å²) in [7, 11) is 0. The first-order valence-corrected chi connectivity index (χ1v) is 11.1. The van der Waals surface area contributed by atoms with E-state index in [1.165, 1.54) is 12.1 Å². The second kappa shape index (κ2) is 9.29. The molecule has 2 heterocycles. The van der Waals surface area contributed by atoms with Gasteiger partial charge in [-0.2, -0.15) is 0 Å². The van der Waals surface area contributed by atoms with Gasteiger partial charge in [0.1, 0.15) is 12.5 Å². The Bertz CT molecular complexity index is 1280. The Labute approximate surface area is 195 Å². The number of rotatable bonds is 7. The number of anilines is 3. The van der Waals surface area contributed by atoms with Crippen molar-refractivity contribution < 1.29 is 8.78 Å². The molecule has 0 amide bonds. The van der Waals surface area contributed by atoms with E-state index in [9.17, 15) is 8.78 Å². The third kappa shape index (κ3) is 4.74. The summed E-state index contributed by atoms with van der Waals surface area (Å²) in [6, 6.07) is 18.2. The van der Waals surface area contributed by atoms with Crippen LogP contribution in [0.25, 0.3) is 22.0 Å².